The Bertz CT molecular complexity index is 791. The minimum Gasteiger partial charge on any atom is -0.493 e. The van der Waals surface area contributed by atoms with Crippen LogP contribution in [0.15, 0.2) is 42.5 Å². The molecule has 2 aromatic carbocycles. The van der Waals surface area contributed by atoms with Crippen LogP contribution in [0.2, 0.25) is 0 Å². The number of esters is 1. The number of methoxy groups -OCH3 is 2. The molecule has 0 radical (unpaired) electrons. The van der Waals surface area contributed by atoms with Crippen molar-refractivity contribution in [2.75, 3.05) is 14.2 Å². The standard InChI is InChI=1S/C18H16Cl2O6/c1-23-15-8-7-12(9-16(15)24-2)10-25-17(22)13-5-3-4-6-14(13)18(19,20)26-11-21/h3-9,11H,10H2,1-2H3. The van der Waals surface area contributed by atoms with E-state index in [0.717, 1.165) is 0 Å². The molecule has 0 saturated heterocycles. The highest BCUT2D eigenvalue weighted by atomic mass is 35.5. The van der Waals surface area contributed by atoms with E-state index in [-0.39, 0.29) is 24.2 Å². The topological polar surface area (TPSA) is 71.1 Å². The molecule has 0 N–H and O–H groups in total. The van der Waals surface area contributed by atoms with Gasteiger partial charge in [-0.1, -0.05) is 47.5 Å². The van der Waals surface area contributed by atoms with Gasteiger partial charge in [-0.05, 0) is 23.8 Å². The molecule has 0 aliphatic rings. The number of hydrogen-bond donors (Lipinski definition) is 0. The van der Waals surface area contributed by atoms with E-state index in [1.54, 1.807) is 30.3 Å². The predicted molar refractivity (Wildman–Crippen MR) is 95.6 cm³/mol. The van der Waals surface area contributed by atoms with Gasteiger partial charge in [-0.2, -0.15) is 0 Å². The summed E-state index contributed by atoms with van der Waals surface area (Å²) in [5.41, 5.74) is 0.883. The number of benzene rings is 2. The Morgan fingerprint density at radius 1 is 1.08 bits per heavy atom. The molecule has 0 saturated carbocycles. The largest absolute Gasteiger partial charge is 0.493 e. The van der Waals surface area contributed by atoms with Gasteiger partial charge in [-0.3, -0.25) is 4.79 Å². The van der Waals surface area contributed by atoms with Gasteiger partial charge in [0.1, 0.15) is 6.61 Å². The van der Waals surface area contributed by atoms with Crippen LogP contribution in [0, 0.1) is 0 Å². The number of alkyl halides is 2. The summed E-state index contributed by atoms with van der Waals surface area (Å²) in [7, 11) is 3.04. The van der Waals surface area contributed by atoms with Gasteiger partial charge in [0.15, 0.2) is 11.5 Å². The Morgan fingerprint density at radius 2 is 1.77 bits per heavy atom. The molecule has 0 heterocycles. The first-order chi connectivity index (χ1) is 12.4. The molecule has 0 atom stereocenters. The molecule has 2 aromatic rings. The van der Waals surface area contributed by atoms with Crippen molar-refractivity contribution in [3.8, 4) is 11.5 Å². The number of ether oxygens (including phenoxy) is 4. The Hall–Kier alpha value is -2.44. The molecule has 0 amide bonds. The van der Waals surface area contributed by atoms with Gasteiger partial charge in [0.05, 0.1) is 19.8 Å². The van der Waals surface area contributed by atoms with Gasteiger partial charge >= 0.3 is 5.97 Å². The van der Waals surface area contributed by atoms with Gasteiger partial charge in [0, 0.05) is 5.56 Å². The highest BCUT2D eigenvalue weighted by Gasteiger charge is 2.33. The first-order valence-corrected chi connectivity index (χ1v) is 8.15. The summed E-state index contributed by atoms with van der Waals surface area (Å²) in [6.45, 7) is 0.0887. The van der Waals surface area contributed by atoms with Crippen LogP contribution in [0.25, 0.3) is 0 Å². The predicted octanol–water partition coefficient (Wildman–Crippen LogP) is 3.82. The van der Waals surface area contributed by atoms with Crippen molar-refractivity contribution in [3.05, 3.63) is 59.2 Å². The fourth-order valence-corrected chi connectivity index (χ4v) is 2.64. The first kappa shape index (κ1) is 19.9. The third kappa shape index (κ3) is 4.59. The van der Waals surface area contributed by atoms with E-state index in [0.29, 0.717) is 17.1 Å². The maximum atomic E-state index is 12.4. The van der Waals surface area contributed by atoms with Crippen LogP contribution in [0.3, 0.4) is 0 Å². The third-order valence-corrected chi connectivity index (χ3v) is 4.06. The first-order valence-electron chi connectivity index (χ1n) is 7.39. The number of hydrogen-bond acceptors (Lipinski definition) is 6. The lowest BCUT2D eigenvalue weighted by Gasteiger charge is -2.20. The summed E-state index contributed by atoms with van der Waals surface area (Å²) < 4.78 is 18.3. The van der Waals surface area contributed by atoms with E-state index >= 15 is 0 Å². The normalized spacial score (nSPS) is 10.8. The third-order valence-electron chi connectivity index (χ3n) is 3.47. The van der Waals surface area contributed by atoms with Crippen molar-refractivity contribution < 1.29 is 28.5 Å². The molecule has 6 nitrogen and oxygen atoms in total. The molecule has 0 fully saturated rings. The number of carbonyl (C=O) groups is 2. The number of carbonyl (C=O) groups excluding carboxylic acids is 2. The average molecular weight is 399 g/mol. The molecule has 0 aromatic heterocycles. The second kappa shape index (κ2) is 8.78. The second-order valence-electron chi connectivity index (χ2n) is 5.04. The summed E-state index contributed by atoms with van der Waals surface area (Å²) in [5, 5.41) is 0. The highest BCUT2D eigenvalue weighted by Crippen LogP contribution is 2.37. The smallest absolute Gasteiger partial charge is 0.338 e. The van der Waals surface area contributed by atoms with Crippen LogP contribution in [0.4, 0.5) is 0 Å². The molecule has 8 heteroatoms. The summed E-state index contributed by atoms with van der Waals surface area (Å²) in [4.78, 5) is 23.0. The van der Waals surface area contributed by atoms with Crippen LogP contribution in [-0.2, 0) is 25.4 Å². The lowest BCUT2D eigenvalue weighted by molar-refractivity contribution is -0.132. The van der Waals surface area contributed by atoms with Crippen molar-refractivity contribution in [1.82, 2.24) is 0 Å². The van der Waals surface area contributed by atoms with E-state index in [9.17, 15) is 9.59 Å². The molecule has 0 aliphatic carbocycles. The Labute approximate surface area is 160 Å². The molecule has 26 heavy (non-hydrogen) atoms. The van der Waals surface area contributed by atoms with Gasteiger partial charge in [-0.25, -0.2) is 4.79 Å². The molecular formula is C18H16Cl2O6. The van der Waals surface area contributed by atoms with Gasteiger partial charge in [-0.15, -0.1) is 0 Å². The molecule has 0 spiro atoms. The highest BCUT2D eigenvalue weighted by molar-refractivity contribution is 6.47. The van der Waals surface area contributed by atoms with E-state index in [4.69, 9.17) is 37.4 Å². The molecule has 0 bridgehead atoms. The Morgan fingerprint density at radius 3 is 2.42 bits per heavy atom. The average Bonchev–Trinajstić information content (AvgIpc) is 2.65. The Balaban J connectivity index is 2.18. The van der Waals surface area contributed by atoms with Crippen molar-refractivity contribution in [2.24, 2.45) is 0 Å². The number of halogens is 2. The zero-order valence-electron chi connectivity index (χ0n) is 14.0. The van der Waals surface area contributed by atoms with Gasteiger partial charge in [0.2, 0.25) is 0 Å². The van der Waals surface area contributed by atoms with Crippen molar-refractivity contribution in [3.63, 3.8) is 0 Å². The van der Waals surface area contributed by atoms with Crippen LogP contribution in [0.5, 0.6) is 11.5 Å². The van der Waals surface area contributed by atoms with E-state index in [2.05, 4.69) is 4.74 Å². The number of rotatable bonds is 8. The van der Waals surface area contributed by atoms with Crippen LogP contribution >= 0.6 is 23.2 Å². The molecule has 0 aliphatic heterocycles. The van der Waals surface area contributed by atoms with Crippen LogP contribution < -0.4 is 9.47 Å². The van der Waals surface area contributed by atoms with Crippen LogP contribution in [0.1, 0.15) is 21.5 Å². The fraction of sp³-hybridized carbons (Fsp3) is 0.222. The molecular weight excluding hydrogens is 383 g/mol. The molecule has 2 rings (SSSR count). The quantitative estimate of drug-likeness (QED) is 0.382. The van der Waals surface area contributed by atoms with Crippen molar-refractivity contribution in [1.29, 1.82) is 0 Å². The van der Waals surface area contributed by atoms with E-state index in [1.807, 2.05) is 0 Å². The summed E-state index contributed by atoms with van der Waals surface area (Å²) in [6.07, 6.45) is 0. The van der Waals surface area contributed by atoms with Crippen molar-refractivity contribution >= 4 is 35.6 Å². The SMILES string of the molecule is COc1ccc(COC(=O)c2ccccc2C(Cl)(Cl)OC=O)cc1OC. The molecule has 138 valence electrons. The Kier molecular flexibility index (Phi) is 6.71. The second-order valence-corrected chi connectivity index (χ2v) is 6.30. The lowest BCUT2D eigenvalue weighted by atomic mass is 10.1. The van der Waals surface area contributed by atoms with Gasteiger partial charge in [0.25, 0.3) is 11.0 Å². The van der Waals surface area contributed by atoms with Crippen LogP contribution in [-0.4, -0.2) is 26.7 Å². The fourth-order valence-electron chi connectivity index (χ4n) is 2.24. The zero-order valence-corrected chi connectivity index (χ0v) is 15.5. The minimum absolute atomic E-state index is 0.0143. The summed E-state index contributed by atoms with van der Waals surface area (Å²) in [6, 6.07) is 11.3. The summed E-state index contributed by atoms with van der Waals surface area (Å²) >= 11 is 11.9. The van der Waals surface area contributed by atoms with E-state index < -0.39 is 10.5 Å². The maximum absolute atomic E-state index is 12.4. The summed E-state index contributed by atoms with van der Waals surface area (Å²) in [5.74, 6) is 0.407. The van der Waals surface area contributed by atoms with Crippen molar-refractivity contribution in [2.45, 2.75) is 11.1 Å². The zero-order chi connectivity index (χ0) is 19.2. The monoisotopic (exact) mass is 398 g/mol. The maximum Gasteiger partial charge on any atom is 0.338 e. The minimum atomic E-state index is -2.00. The van der Waals surface area contributed by atoms with Gasteiger partial charge < -0.3 is 18.9 Å². The van der Waals surface area contributed by atoms with E-state index in [1.165, 1.54) is 26.4 Å². The lowest BCUT2D eigenvalue weighted by Crippen LogP contribution is -2.20. The molecule has 0 unspecified atom stereocenters.